The zero-order valence-corrected chi connectivity index (χ0v) is 16.0. The Hall–Kier alpha value is -3.01. The van der Waals surface area contributed by atoms with Gasteiger partial charge >= 0.3 is 6.18 Å². The molecule has 0 amide bonds. The van der Waals surface area contributed by atoms with E-state index in [1.165, 1.54) is 23.2 Å². The summed E-state index contributed by atoms with van der Waals surface area (Å²) in [4.78, 5) is 14.2. The molecule has 158 valence electrons. The van der Waals surface area contributed by atoms with Crippen molar-refractivity contribution in [2.24, 2.45) is 0 Å². The normalized spacial score (nSPS) is 16.1. The highest BCUT2D eigenvalue weighted by molar-refractivity contribution is 5.77. The molecule has 0 aliphatic carbocycles. The Kier molecular flexibility index (Phi) is 5.42. The summed E-state index contributed by atoms with van der Waals surface area (Å²) >= 11 is 0. The van der Waals surface area contributed by atoms with Crippen molar-refractivity contribution in [3.8, 4) is 22.6 Å². The number of hydrogen-bond donors (Lipinski definition) is 1. The smallest absolute Gasteiger partial charge is 0.368 e. The molecule has 1 aromatic carbocycles. The molecule has 2 aromatic heterocycles. The number of nitrogens with zero attached hydrogens (tertiary/aromatic N) is 5. The summed E-state index contributed by atoms with van der Waals surface area (Å²) in [6, 6.07) is 7.62. The minimum absolute atomic E-state index is 0.0395. The topological polar surface area (TPSA) is 72.9 Å². The second-order valence-corrected chi connectivity index (χ2v) is 7.28. The highest BCUT2D eigenvalue weighted by atomic mass is 19.4. The van der Waals surface area contributed by atoms with E-state index in [4.69, 9.17) is 5.73 Å². The Bertz CT molecular complexity index is 1010. The number of aromatic nitrogens is 4. The highest BCUT2D eigenvalue weighted by Crippen LogP contribution is 2.35. The average Bonchev–Trinajstić information content (AvgIpc) is 3.13. The maximum absolute atomic E-state index is 13.4. The van der Waals surface area contributed by atoms with E-state index in [1.54, 1.807) is 24.5 Å². The molecule has 1 fully saturated rings. The third kappa shape index (κ3) is 4.43. The molecule has 10 heteroatoms. The number of nitrogen functional groups attached to an aromatic ring is 1. The third-order valence-electron chi connectivity index (χ3n) is 5.18. The van der Waals surface area contributed by atoms with E-state index >= 15 is 0 Å². The van der Waals surface area contributed by atoms with Crippen molar-refractivity contribution in [1.29, 1.82) is 0 Å². The average molecular weight is 420 g/mol. The van der Waals surface area contributed by atoms with E-state index in [2.05, 4.69) is 15.0 Å². The Morgan fingerprint density at radius 1 is 1.03 bits per heavy atom. The number of likely N-dealkylation sites (tertiary alicyclic amines) is 1. The van der Waals surface area contributed by atoms with Crippen LogP contribution in [-0.4, -0.2) is 50.2 Å². The van der Waals surface area contributed by atoms with Gasteiger partial charge in [-0.15, -0.1) is 0 Å². The van der Waals surface area contributed by atoms with Crippen molar-refractivity contribution in [3.05, 3.63) is 48.7 Å². The van der Waals surface area contributed by atoms with Gasteiger partial charge in [0, 0.05) is 30.9 Å². The van der Waals surface area contributed by atoms with Gasteiger partial charge in [0.25, 0.3) is 0 Å². The lowest BCUT2D eigenvalue weighted by Gasteiger charge is -2.33. The maximum Gasteiger partial charge on any atom is 0.401 e. The first kappa shape index (κ1) is 20.3. The van der Waals surface area contributed by atoms with E-state index in [0.29, 0.717) is 48.6 Å². The molecule has 6 nitrogen and oxygen atoms in total. The fraction of sp³-hybridized carbons (Fsp3) is 0.350. The van der Waals surface area contributed by atoms with Crippen molar-refractivity contribution in [2.45, 2.75) is 25.1 Å². The molecule has 0 radical (unpaired) electrons. The fourth-order valence-corrected chi connectivity index (χ4v) is 3.83. The van der Waals surface area contributed by atoms with Gasteiger partial charge in [0.05, 0.1) is 30.0 Å². The molecule has 1 aliphatic heterocycles. The van der Waals surface area contributed by atoms with Crippen LogP contribution in [0.15, 0.2) is 42.9 Å². The number of anilines is 1. The molecule has 2 N–H and O–H groups in total. The van der Waals surface area contributed by atoms with Gasteiger partial charge in [-0.1, -0.05) is 0 Å². The predicted octanol–water partition coefficient (Wildman–Crippen LogP) is 3.93. The van der Waals surface area contributed by atoms with E-state index in [1.807, 2.05) is 4.57 Å². The molecule has 4 rings (SSSR count). The van der Waals surface area contributed by atoms with Crippen molar-refractivity contribution >= 4 is 5.95 Å². The number of hydrogen-bond acceptors (Lipinski definition) is 5. The van der Waals surface area contributed by atoms with Crippen LogP contribution in [0.5, 0.6) is 0 Å². The van der Waals surface area contributed by atoms with Crippen LogP contribution in [0.4, 0.5) is 23.5 Å². The Labute approximate surface area is 170 Å². The van der Waals surface area contributed by atoms with Gasteiger partial charge in [-0.05, 0) is 43.2 Å². The first-order valence-electron chi connectivity index (χ1n) is 9.51. The number of nitrogens with two attached hydrogens (primary N) is 1. The van der Waals surface area contributed by atoms with Crippen LogP contribution in [0, 0.1) is 5.82 Å². The largest absolute Gasteiger partial charge is 0.401 e. The van der Waals surface area contributed by atoms with E-state index in [-0.39, 0.29) is 17.8 Å². The zero-order valence-electron chi connectivity index (χ0n) is 16.0. The Morgan fingerprint density at radius 2 is 1.73 bits per heavy atom. The van der Waals surface area contributed by atoms with Crippen LogP contribution in [0.1, 0.15) is 18.9 Å². The number of rotatable bonds is 4. The molecule has 3 heterocycles. The SMILES string of the molecule is Nc1nccc(-c2c(-c3ccc(F)cc3)ncn2C2CCN(CC(F)(F)F)CC2)n1. The molecule has 0 unspecified atom stereocenters. The molecule has 30 heavy (non-hydrogen) atoms. The summed E-state index contributed by atoms with van der Waals surface area (Å²) in [6.07, 6.45) is 0.0821. The van der Waals surface area contributed by atoms with E-state index in [9.17, 15) is 17.6 Å². The first-order valence-corrected chi connectivity index (χ1v) is 9.51. The minimum atomic E-state index is -4.21. The van der Waals surface area contributed by atoms with E-state index < -0.39 is 12.7 Å². The molecular formula is C20H20F4N6. The van der Waals surface area contributed by atoms with Crippen LogP contribution >= 0.6 is 0 Å². The number of halogens is 4. The number of piperidine rings is 1. The van der Waals surface area contributed by atoms with Gasteiger partial charge < -0.3 is 10.3 Å². The van der Waals surface area contributed by atoms with Gasteiger partial charge in [0.1, 0.15) is 5.82 Å². The van der Waals surface area contributed by atoms with Gasteiger partial charge in [-0.25, -0.2) is 19.3 Å². The lowest BCUT2D eigenvalue weighted by molar-refractivity contribution is -0.148. The van der Waals surface area contributed by atoms with Crippen LogP contribution < -0.4 is 5.73 Å². The van der Waals surface area contributed by atoms with Crippen LogP contribution in [0.2, 0.25) is 0 Å². The third-order valence-corrected chi connectivity index (χ3v) is 5.18. The van der Waals surface area contributed by atoms with Gasteiger partial charge in [0.15, 0.2) is 0 Å². The van der Waals surface area contributed by atoms with E-state index in [0.717, 1.165) is 0 Å². The van der Waals surface area contributed by atoms with Gasteiger partial charge in [-0.3, -0.25) is 4.90 Å². The van der Waals surface area contributed by atoms with Crippen LogP contribution in [0.25, 0.3) is 22.6 Å². The minimum Gasteiger partial charge on any atom is -0.368 e. The fourth-order valence-electron chi connectivity index (χ4n) is 3.83. The molecule has 0 bridgehead atoms. The predicted molar refractivity (Wildman–Crippen MR) is 104 cm³/mol. The van der Waals surface area contributed by atoms with Crippen molar-refractivity contribution in [3.63, 3.8) is 0 Å². The van der Waals surface area contributed by atoms with Gasteiger partial charge in [-0.2, -0.15) is 13.2 Å². The Morgan fingerprint density at radius 3 is 2.37 bits per heavy atom. The highest BCUT2D eigenvalue weighted by Gasteiger charge is 2.33. The summed E-state index contributed by atoms with van der Waals surface area (Å²) in [7, 11) is 0. The number of alkyl halides is 3. The molecule has 1 saturated heterocycles. The zero-order chi connectivity index (χ0) is 21.3. The molecule has 0 saturated carbocycles. The second kappa shape index (κ2) is 8.02. The standard InChI is InChI=1S/C20H20F4N6/c21-14-3-1-13(2-4-14)17-18(16-5-8-26-19(25)28-16)30(12-27-17)15-6-9-29(10-7-15)11-20(22,23)24/h1-5,8,12,15H,6-7,9-11H2,(H2,25,26,28). The lowest BCUT2D eigenvalue weighted by Crippen LogP contribution is -2.40. The first-order chi connectivity index (χ1) is 14.3. The summed E-state index contributed by atoms with van der Waals surface area (Å²) < 4.78 is 53.4. The molecule has 0 spiro atoms. The van der Waals surface area contributed by atoms with Gasteiger partial charge in [0.2, 0.25) is 5.95 Å². The summed E-state index contributed by atoms with van der Waals surface area (Å²) in [5, 5.41) is 0. The monoisotopic (exact) mass is 420 g/mol. The van der Waals surface area contributed by atoms with Crippen molar-refractivity contribution in [1.82, 2.24) is 24.4 Å². The van der Waals surface area contributed by atoms with Crippen molar-refractivity contribution < 1.29 is 17.6 Å². The molecule has 3 aromatic rings. The Balaban J connectivity index is 1.68. The summed E-state index contributed by atoms with van der Waals surface area (Å²) in [5.41, 5.74) is 8.31. The lowest BCUT2D eigenvalue weighted by atomic mass is 10.0. The molecule has 1 aliphatic rings. The van der Waals surface area contributed by atoms with Crippen molar-refractivity contribution in [2.75, 3.05) is 25.4 Å². The maximum atomic E-state index is 13.4. The van der Waals surface area contributed by atoms with Crippen LogP contribution in [-0.2, 0) is 0 Å². The molecular weight excluding hydrogens is 400 g/mol. The van der Waals surface area contributed by atoms with Crippen LogP contribution in [0.3, 0.4) is 0 Å². The number of benzene rings is 1. The number of imidazole rings is 1. The summed E-state index contributed by atoms with van der Waals surface area (Å²) in [5.74, 6) is -0.256. The second-order valence-electron chi connectivity index (χ2n) is 7.28. The summed E-state index contributed by atoms with van der Waals surface area (Å²) in [6.45, 7) is -0.237. The quantitative estimate of drug-likeness (QED) is 0.648. The molecule has 0 atom stereocenters.